The average Bonchev–Trinajstić information content (AvgIpc) is 2.63. The van der Waals surface area contributed by atoms with E-state index in [2.05, 4.69) is 37.6 Å². The Morgan fingerprint density at radius 1 is 1.15 bits per heavy atom. The van der Waals surface area contributed by atoms with Gasteiger partial charge in [0.1, 0.15) is 0 Å². The van der Waals surface area contributed by atoms with E-state index in [4.69, 9.17) is 5.73 Å². The summed E-state index contributed by atoms with van der Waals surface area (Å²) < 4.78 is 0. The van der Waals surface area contributed by atoms with Gasteiger partial charge in [0.15, 0.2) is 0 Å². The van der Waals surface area contributed by atoms with Crippen LogP contribution in [-0.4, -0.2) is 18.4 Å². The summed E-state index contributed by atoms with van der Waals surface area (Å²) in [7, 11) is 0. The molecule has 0 aliphatic rings. The van der Waals surface area contributed by atoms with Crippen molar-refractivity contribution in [2.45, 2.75) is 45.4 Å². The van der Waals surface area contributed by atoms with Crippen LogP contribution in [-0.2, 0) is 4.79 Å². The van der Waals surface area contributed by atoms with Crippen LogP contribution in [0.25, 0.3) is 0 Å². The Bertz CT molecular complexity index is 688. The van der Waals surface area contributed by atoms with E-state index in [-0.39, 0.29) is 11.8 Å². The van der Waals surface area contributed by atoms with Crippen LogP contribution >= 0.6 is 0 Å². The quantitative estimate of drug-likeness (QED) is 0.410. The molecule has 5 heteroatoms. The van der Waals surface area contributed by atoms with Crippen molar-refractivity contribution in [3.05, 3.63) is 72.1 Å². The number of benzene rings is 1. The van der Waals surface area contributed by atoms with Gasteiger partial charge in [0.05, 0.1) is 5.70 Å². The van der Waals surface area contributed by atoms with Crippen LogP contribution in [0.5, 0.6) is 0 Å². The van der Waals surface area contributed by atoms with Crippen LogP contribution in [0.4, 0.5) is 0 Å². The van der Waals surface area contributed by atoms with Crippen molar-refractivity contribution in [1.29, 1.82) is 0 Å². The summed E-state index contributed by atoms with van der Waals surface area (Å²) in [6.07, 6.45) is 5.97. The molecule has 0 aliphatic carbocycles. The Morgan fingerprint density at radius 2 is 1.81 bits per heavy atom. The fourth-order valence-corrected chi connectivity index (χ4v) is 2.47. The maximum Gasteiger partial charge on any atom is 0.251 e. The van der Waals surface area contributed by atoms with Gasteiger partial charge in [0.25, 0.3) is 5.91 Å². The van der Waals surface area contributed by atoms with Gasteiger partial charge in [-0.3, -0.25) is 9.59 Å². The number of carbonyl (C=O) groups is 2. The SMILES string of the molecule is C=C/C=C(/NC(=O)CCCCCNC(=O)c1ccc(C(C)C)cc1)C(=C)N. The number of nitrogens with one attached hydrogen (secondary N) is 2. The molecule has 0 atom stereocenters. The summed E-state index contributed by atoms with van der Waals surface area (Å²) >= 11 is 0. The lowest BCUT2D eigenvalue weighted by atomic mass is 10.0. The zero-order chi connectivity index (χ0) is 20.2. The highest BCUT2D eigenvalue weighted by Gasteiger charge is 2.07. The zero-order valence-electron chi connectivity index (χ0n) is 16.4. The molecule has 0 bridgehead atoms. The maximum absolute atomic E-state index is 12.1. The Hall–Kier alpha value is -2.82. The van der Waals surface area contributed by atoms with Gasteiger partial charge in [0, 0.05) is 24.2 Å². The van der Waals surface area contributed by atoms with Crippen molar-refractivity contribution in [2.75, 3.05) is 6.54 Å². The molecule has 5 nitrogen and oxygen atoms in total. The van der Waals surface area contributed by atoms with E-state index in [1.54, 1.807) is 12.2 Å². The number of hydrogen-bond donors (Lipinski definition) is 3. The topological polar surface area (TPSA) is 84.2 Å². The Labute approximate surface area is 162 Å². The first-order valence-electron chi connectivity index (χ1n) is 9.30. The summed E-state index contributed by atoms with van der Waals surface area (Å²) in [4.78, 5) is 24.0. The minimum atomic E-state index is -0.107. The normalized spacial score (nSPS) is 11.1. The molecule has 0 spiro atoms. The molecule has 4 N–H and O–H groups in total. The molecule has 1 aromatic carbocycles. The standard InChI is InChI=1S/C22H31N3O2/c1-5-9-20(17(4)23)25-21(26)10-7-6-8-15-24-22(27)19-13-11-18(12-14-19)16(2)3/h5,9,11-14,16H,1,4,6-8,10,15,23H2,2-3H3,(H,24,27)(H,25,26)/b20-9+. The third kappa shape index (κ3) is 8.40. The minimum absolute atomic E-state index is 0.0660. The second-order valence-corrected chi connectivity index (χ2v) is 6.73. The van der Waals surface area contributed by atoms with Gasteiger partial charge >= 0.3 is 0 Å². The highest BCUT2D eigenvalue weighted by atomic mass is 16.2. The lowest BCUT2D eigenvalue weighted by Gasteiger charge is -2.09. The molecular weight excluding hydrogens is 338 g/mol. The van der Waals surface area contributed by atoms with Gasteiger partial charge in [-0.05, 0) is 42.5 Å². The van der Waals surface area contributed by atoms with Crippen LogP contribution in [0.1, 0.15) is 61.4 Å². The molecule has 1 rings (SSSR count). The first kappa shape index (κ1) is 22.2. The third-order valence-electron chi connectivity index (χ3n) is 4.11. The summed E-state index contributed by atoms with van der Waals surface area (Å²) in [6.45, 7) is 12.0. The smallest absolute Gasteiger partial charge is 0.251 e. The molecule has 2 amide bonds. The van der Waals surface area contributed by atoms with Crippen molar-refractivity contribution in [1.82, 2.24) is 10.6 Å². The van der Waals surface area contributed by atoms with E-state index in [9.17, 15) is 9.59 Å². The van der Waals surface area contributed by atoms with E-state index in [1.807, 2.05) is 24.3 Å². The lowest BCUT2D eigenvalue weighted by Crippen LogP contribution is -2.26. The fourth-order valence-electron chi connectivity index (χ4n) is 2.47. The highest BCUT2D eigenvalue weighted by molar-refractivity contribution is 5.94. The van der Waals surface area contributed by atoms with Gasteiger partial charge in [0.2, 0.25) is 5.91 Å². The predicted octanol–water partition coefficient (Wildman–Crippen LogP) is 3.76. The molecule has 0 heterocycles. The van der Waals surface area contributed by atoms with E-state index >= 15 is 0 Å². The number of amides is 2. The average molecular weight is 370 g/mol. The maximum atomic E-state index is 12.1. The number of unbranched alkanes of at least 4 members (excludes halogenated alkanes) is 2. The first-order valence-corrected chi connectivity index (χ1v) is 9.30. The largest absolute Gasteiger partial charge is 0.398 e. The van der Waals surface area contributed by atoms with Crippen LogP contribution in [0, 0.1) is 0 Å². The third-order valence-corrected chi connectivity index (χ3v) is 4.11. The molecule has 0 fully saturated rings. The van der Waals surface area contributed by atoms with Crippen molar-refractivity contribution in [3.8, 4) is 0 Å². The predicted molar refractivity (Wildman–Crippen MR) is 111 cm³/mol. The van der Waals surface area contributed by atoms with E-state index < -0.39 is 0 Å². The first-order chi connectivity index (χ1) is 12.8. The summed E-state index contributed by atoms with van der Waals surface area (Å²) in [5.74, 6) is 0.276. The van der Waals surface area contributed by atoms with E-state index in [0.717, 1.165) is 19.3 Å². The summed E-state index contributed by atoms with van der Waals surface area (Å²) in [5.41, 5.74) is 8.26. The molecule has 0 saturated carbocycles. The van der Waals surface area contributed by atoms with Crippen molar-refractivity contribution >= 4 is 11.8 Å². The monoisotopic (exact) mass is 369 g/mol. The molecule has 0 aromatic heterocycles. The molecule has 0 saturated heterocycles. The van der Waals surface area contributed by atoms with Crippen LogP contribution in [0.3, 0.4) is 0 Å². The Morgan fingerprint density at radius 3 is 2.37 bits per heavy atom. The molecule has 146 valence electrons. The van der Waals surface area contributed by atoms with E-state index in [0.29, 0.717) is 35.8 Å². The Kier molecular flexibility index (Phi) is 9.65. The van der Waals surface area contributed by atoms with Crippen LogP contribution in [0.15, 0.2) is 61.0 Å². The van der Waals surface area contributed by atoms with Crippen LogP contribution < -0.4 is 16.4 Å². The number of rotatable bonds is 11. The second kappa shape index (κ2) is 11.7. The van der Waals surface area contributed by atoms with Gasteiger partial charge in [-0.1, -0.05) is 51.6 Å². The molecule has 27 heavy (non-hydrogen) atoms. The number of carbonyl (C=O) groups excluding carboxylic acids is 2. The molecule has 0 aliphatic heterocycles. The Balaban J connectivity index is 2.24. The van der Waals surface area contributed by atoms with Gasteiger partial charge in [-0.2, -0.15) is 0 Å². The van der Waals surface area contributed by atoms with Gasteiger partial charge in [-0.25, -0.2) is 0 Å². The summed E-state index contributed by atoms with van der Waals surface area (Å²) in [6, 6.07) is 7.69. The zero-order valence-corrected chi connectivity index (χ0v) is 16.4. The minimum Gasteiger partial charge on any atom is -0.398 e. The molecule has 1 aromatic rings. The van der Waals surface area contributed by atoms with Gasteiger partial charge < -0.3 is 16.4 Å². The molecule has 0 unspecified atom stereocenters. The summed E-state index contributed by atoms with van der Waals surface area (Å²) in [5, 5.41) is 5.63. The van der Waals surface area contributed by atoms with Crippen molar-refractivity contribution < 1.29 is 9.59 Å². The number of hydrogen-bond acceptors (Lipinski definition) is 3. The number of nitrogens with two attached hydrogens (primary N) is 1. The molecule has 0 radical (unpaired) electrons. The highest BCUT2D eigenvalue weighted by Crippen LogP contribution is 2.14. The van der Waals surface area contributed by atoms with Gasteiger partial charge in [-0.15, -0.1) is 0 Å². The van der Waals surface area contributed by atoms with Crippen molar-refractivity contribution in [2.24, 2.45) is 5.73 Å². The molecular formula is C22H31N3O2. The fraction of sp³-hybridized carbons (Fsp3) is 0.364. The van der Waals surface area contributed by atoms with Crippen molar-refractivity contribution in [3.63, 3.8) is 0 Å². The van der Waals surface area contributed by atoms with E-state index in [1.165, 1.54) is 5.56 Å². The number of allylic oxidation sites excluding steroid dienone is 2. The lowest BCUT2D eigenvalue weighted by molar-refractivity contribution is -0.120. The second-order valence-electron chi connectivity index (χ2n) is 6.73. The van der Waals surface area contributed by atoms with Crippen LogP contribution in [0.2, 0.25) is 0 Å².